The fourth-order valence-electron chi connectivity index (χ4n) is 3.20. The van der Waals surface area contributed by atoms with Crippen molar-refractivity contribution < 1.29 is 13.7 Å². The maximum Gasteiger partial charge on any atom is 0.259 e. The Balaban J connectivity index is 1.50. The highest BCUT2D eigenvalue weighted by molar-refractivity contribution is 5.60. The van der Waals surface area contributed by atoms with E-state index >= 15 is 0 Å². The van der Waals surface area contributed by atoms with Crippen LogP contribution in [0.2, 0.25) is 0 Å². The molecule has 4 rings (SSSR count). The second-order valence-corrected chi connectivity index (χ2v) is 6.36. The molecule has 0 amide bonds. The zero-order chi connectivity index (χ0) is 17.9. The number of hydrogen-bond donors (Lipinski definition) is 0. The van der Waals surface area contributed by atoms with E-state index in [9.17, 15) is 4.39 Å². The molecule has 6 nitrogen and oxygen atoms in total. The summed E-state index contributed by atoms with van der Waals surface area (Å²) in [5.74, 6) is 1.63. The third-order valence-electron chi connectivity index (χ3n) is 4.55. The van der Waals surface area contributed by atoms with Crippen molar-refractivity contribution in [1.82, 2.24) is 15.1 Å². The predicted molar refractivity (Wildman–Crippen MR) is 95.1 cm³/mol. The largest absolute Gasteiger partial charge is 0.384 e. The number of aromatic nitrogens is 3. The lowest BCUT2D eigenvalue weighted by molar-refractivity contribution is 0.161. The molecule has 26 heavy (non-hydrogen) atoms. The van der Waals surface area contributed by atoms with Crippen LogP contribution < -0.4 is 4.90 Å². The van der Waals surface area contributed by atoms with Gasteiger partial charge in [0.2, 0.25) is 5.82 Å². The van der Waals surface area contributed by atoms with E-state index in [1.165, 1.54) is 6.07 Å². The van der Waals surface area contributed by atoms with Crippen molar-refractivity contribution in [2.75, 3.05) is 31.7 Å². The van der Waals surface area contributed by atoms with Gasteiger partial charge in [-0.15, -0.1) is 0 Å². The van der Waals surface area contributed by atoms with Gasteiger partial charge < -0.3 is 14.2 Å². The second-order valence-electron chi connectivity index (χ2n) is 6.36. The summed E-state index contributed by atoms with van der Waals surface area (Å²) in [6.45, 7) is 2.69. The third kappa shape index (κ3) is 3.30. The molecule has 1 atom stereocenters. The van der Waals surface area contributed by atoms with Crippen LogP contribution in [0.25, 0.3) is 22.8 Å². The molecule has 0 spiro atoms. The van der Waals surface area contributed by atoms with Crippen LogP contribution >= 0.6 is 0 Å². The van der Waals surface area contributed by atoms with Crippen LogP contribution in [0.1, 0.15) is 6.42 Å². The van der Waals surface area contributed by atoms with Gasteiger partial charge in [0.25, 0.3) is 5.89 Å². The molecule has 0 bridgehead atoms. The topological polar surface area (TPSA) is 64.3 Å². The van der Waals surface area contributed by atoms with Crippen LogP contribution in [-0.2, 0) is 4.74 Å². The van der Waals surface area contributed by atoms with Gasteiger partial charge in [0, 0.05) is 32.3 Å². The van der Waals surface area contributed by atoms with Gasteiger partial charge in [-0.2, -0.15) is 4.98 Å². The highest BCUT2D eigenvalue weighted by Crippen LogP contribution is 2.26. The van der Waals surface area contributed by atoms with Crippen molar-refractivity contribution >= 4 is 5.82 Å². The number of nitrogens with zero attached hydrogens (tertiary/aromatic N) is 4. The van der Waals surface area contributed by atoms with Gasteiger partial charge in [0.05, 0.1) is 17.7 Å². The Kier molecular flexibility index (Phi) is 4.62. The van der Waals surface area contributed by atoms with Gasteiger partial charge in [-0.25, -0.2) is 9.37 Å². The smallest absolute Gasteiger partial charge is 0.259 e. The molecule has 1 aliphatic heterocycles. The van der Waals surface area contributed by atoms with E-state index < -0.39 is 0 Å². The van der Waals surface area contributed by atoms with Crippen molar-refractivity contribution in [2.45, 2.75) is 6.42 Å². The number of pyridine rings is 1. The van der Waals surface area contributed by atoms with Crippen LogP contribution in [0.4, 0.5) is 10.2 Å². The van der Waals surface area contributed by atoms with E-state index in [-0.39, 0.29) is 11.6 Å². The first-order chi connectivity index (χ1) is 12.7. The molecule has 7 heteroatoms. The van der Waals surface area contributed by atoms with Crippen LogP contribution in [0.5, 0.6) is 0 Å². The quantitative estimate of drug-likeness (QED) is 0.700. The lowest BCUT2D eigenvalue weighted by Gasteiger charge is -2.17. The van der Waals surface area contributed by atoms with E-state index in [1.54, 1.807) is 31.5 Å². The lowest BCUT2D eigenvalue weighted by Crippen LogP contribution is -2.21. The summed E-state index contributed by atoms with van der Waals surface area (Å²) in [4.78, 5) is 11.0. The SMILES string of the molecule is COCC1CCN(c2ccc(-c3nc(-c4ccccc4F)no3)cn2)C1. The monoisotopic (exact) mass is 354 g/mol. The van der Waals surface area contributed by atoms with Crippen LogP contribution in [0, 0.1) is 11.7 Å². The molecular formula is C19H19FN4O2. The second kappa shape index (κ2) is 7.21. The molecule has 1 unspecified atom stereocenters. The molecule has 0 aliphatic carbocycles. The first-order valence-corrected chi connectivity index (χ1v) is 8.53. The molecule has 0 saturated carbocycles. The molecule has 1 saturated heterocycles. The number of hydrogen-bond acceptors (Lipinski definition) is 6. The highest BCUT2D eigenvalue weighted by Gasteiger charge is 2.23. The van der Waals surface area contributed by atoms with Crippen molar-refractivity contribution in [2.24, 2.45) is 5.92 Å². The van der Waals surface area contributed by atoms with E-state index in [4.69, 9.17) is 9.26 Å². The molecule has 0 radical (unpaired) electrons. The Hall–Kier alpha value is -2.80. The molecule has 1 fully saturated rings. The fourth-order valence-corrected chi connectivity index (χ4v) is 3.20. The summed E-state index contributed by atoms with van der Waals surface area (Å²) in [6, 6.07) is 10.2. The summed E-state index contributed by atoms with van der Waals surface area (Å²) < 4.78 is 24.4. The Morgan fingerprint density at radius 1 is 1.27 bits per heavy atom. The van der Waals surface area contributed by atoms with Gasteiger partial charge in [0.15, 0.2) is 0 Å². The van der Waals surface area contributed by atoms with Gasteiger partial charge in [-0.1, -0.05) is 17.3 Å². The summed E-state index contributed by atoms with van der Waals surface area (Å²) in [5, 5.41) is 3.88. The van der Waals surface area contributed by atoms with Gasteiger partial charge in [-0.05, 0) is 30.7 Å². The normalized spacial score (nSPS) is 17.0. The van der Waals surface area contributed by atoms with E-state index in [2.05, 4.69) is 20.0 Å². The minimum absolute atomic E-state index is 0.226. The van der Waals surface area contributed by atoms with Crippen molar-refractivity contribution in [3.05, 3.63) is 48.4 Å². The zero-order valence-corrected chi connectivity index (χ0v) is 14.4. The minimum Gasteiger partial charge on any atom is -0.384 e. The van der Waals surface area contributed by atoms with Crippen molar-refractivity contribution in [3.63, 3.8) is 0 Å². The Morgan fingerprint density at radius 2 is 2.15 bits per heavy atom. The minimum atomic E-state index is -0.382. The number of rotatable bonds is 5. The van der Waals surface area contributed by atoms with Crippen molar-refractivity contribution in [3.8, 4) is 22.8 Å². The molecule has 0 N–H and O–H groups in total. The molecular weight excluding hydrogens is 335 g/mol. The Labute approximate surface area is 150 Å². The molecule has 2 aromatic heterocycles. The first-order valence-electron chi connectivity index (χ1n) is 8.53. The van der Waals surface area contributed by atoms with Crippen molar-refractivity contribution in [1.29, 1.82) is 0 Å². The number of methoxy groups -OCH3 is 1. The van der Waals surface area contributed by atoms with E-state index in [0.29, 0.717) is 22.9 Å². The standard InChI is InChI=1S/C19H19FN4O2/c1-25-12-13-8-9-24(11-13)17-7-6-14(10-21-17)19-22-18(23-26-19)15-4-2-3-5-16(15)20/h2-7,10,13H,8-9,11-12H2,1H3. The fraction of sp³-hybridized carbons (Fsp3) is 0.316. The molecule has 1 aliphatic rings. The van der Waals surface area contributed by atoms with E-state index in [0.717, 1.165) is 31.9 Å². The zero-order valence-electron chi connectivity index (χ0n) is 14.4. The maximum atomic E-state index is 13.9. The predicted octanol–water partition coefficient (Wildman–Crippen LogP) is 3.41. The summed E-state index contributed by atoms with van der Waals surface area (Å²) >= 11 is 0. The summed E-state index contributed by atoms with van der Waals surface area (Å²) in [6.07, 6.45) is 2.81. The average Bonchev–Trinajstić information content (AvgIpc) is 3.32. The molecule has 1 aromatic carbocycles. The lowest BCUT2D eigenvalue weighted by atomic mass is 10.1. The van der Waals surface area contributed by atoms with E-state index in [1.807, 2.05) is 12.1 Å². The van der Waals surface area contributed by atoms with Gasteiger partial charge in [0.1, 0.15) is 11.6 Å². The first kappa shape index (κ1) is 16.7. The molecule has 3 heterocycles. The number of halogens is 1. The Morgan fingerprint density at radius 3 is 2.92 bits per heavy atom. The van der Waals surface area contributed by atoms with Gasteiger partial charge >= 0.3 is 0 Å². The maximum absolute atomic E-state index is 13.9. The summed E-state index contributed by atoms with van der Waals surface area (Å²) in [5.41, 5.74) is 1.02. The number of benzene rings is 1. The molecule has 3 aromatic rings. The van der Waals surface area contributed by atoms with Gasteiger partial charge in [-0.3, -0.25) is 0 Å². The number of ether oxygens (including phenoxy) is 1. The van der Waals surface area contributed by atoms with Crippen LogP contribution in [0.3, 0.4) is 0 Å². The number of anilines is 1. The highest BCUT2D eigenvalue weighted by atomic mass is 19.1. The van der Waals surface area contributed by atoms with Crippen LogP contribution in [0.15, 0.2) is 47.1 Å². The Bertz CT molecular complexity index is 881. The molecule has 134 valence electrons. The van der Waals surface area contributed by atoms with Crippen LogP contribution in [-0.4, -0.2) is 41.9 Å². The average molecular weight is 354 g/mol. The third-order valence-corrected chi connectivity index (χ3v) is 4.55. The summed E-state index contributed by atoms with van der Waals surface area (Å²) in [7, 11) is 1.73.